The van der Waals surface area contributed by atoms with Gasteiger partial charge in [0, 0.05) is 12.1 Å². The summed E-state index contributed by atoms with van der Waals surface area (Å²) in [5, 5.41) is 17.4. The van der Waals surface area contributed by atoms with Crippen LogP contribution in [0.15, 0.2) is 36.4 Å². The van der Waals surface area contributed by atoms with Crippen molar-refractivity contribution < 1.29 is 33.3 Å². The van der Waals surface area contributed by atoms with Crippen molar-refractivity contribution in [2.45, 2.75) is 0 Å². The highest BCUT2D eigenvalue weighted by Crippen LogP contribution is 2.25. The summed E-state index contributed by atoms with van der Waals surface area (Å²) in [5.74, 6) is -4.92. The summed E-state index contributed by atoms with van der Waals surface area (Å²) in [6.45, 7) is 0. The summed E-state index contributed by atoms with van der Waals surface area (Å²) >= 11 is 0. The standard InChI is InChI=1S/C14H8F2O5/c15-11-5-7(1-3-9(11)13(17)18)21-8-2-4-10(14(19)20)12(16)6-8/h1-6H,(H,17,18)(H,19,20). The highest BCUT2D eigenvalue weighted by atomic mass is 19.1. The van der Waals surface area contributed by atoms with Gasteiger partial charge in [-0.05, 0) is 24.3 Å². The molecule has 0 saturated carbocycles. The number of carboxylic acids is 2. The van der Waals surface area contributed by atoms with E-state index in [1.54, 1.807) is 0 Å². The van der Waals surface area contributed by atoms with Crippen molar-refractivity contribution in [2.24, 2.45) is 0 Å². The Morgan fingerprint density at radius 1 is 0.810 bits per heavy atom. The largest absolute Gasteiger partial charge is 0.478 e. The first-order chi connectivity index (χ1) is 9.88. The Bertz CT molecular complexity index is 666. The molecule has 0 bridgehead atoms. The molecule has 2 aromatic carbocycles. The van der Waals surface area contributed by atoms with Crippen molar-refractivity contribution in [2.75, 3.05) is 0 Å². The molecule has 0 aromatic heterocycles. The zero-order valence-electron chi connectivity index (χ0n) is 10.3. The minimum Gasteiger partial charge on any atom is -0.478 e. The highest BCUT2D eigenvalue weighted by molar-refractivity contribution is 5.88. The molecule has 7 heteroatoms. The number of carboxylic acid groups (broad SMARTS) is 2. The number of hydrogen-bond acceptors (Lipinski definition) is 3. The number of carbonyl (C=O) groups is 2. The van der Waals surface area contributed by atoms with Crippen LogP contribution in [0, 0.1) is 11.6 Å². The fourth-order valence-corrected chi connectivity index (χ4v) is 1.60. The van der Waals surface area contributed by atoms with Gasteiger partial charge in [0.25, 0.3) is 0 Å². The Kier molecular flexibility index (Phi) is 3.84. The van der Waals surface area contributed by atoms with Gasteiger partial charge in [0.2, 0.25) is 0 Å². The van der Waals surface area contributed by atoms with E-state index in [1.807, 2.05) is 0 Å². The summed E-state index contributed by atoms with van der Waals surface area (Å²) in [7, 11) is 0. The third-order valence-corrected chi connectivity index (χ3v) is 2.58. The normalized spacial score (nSPS) is 10.2. The molecule has 2 N–H and O–H groups in total. The van der Waals surface area contributed by atoms with Crippen LogP contribution in [0.2, 0.25) is 0 Å². The van der Waals surface area contributed by atoms with Crippen LogP contribution in [0.5, 0.6) is 11.5 Å². The summed E-state index contributed by atoms with van der Waals surface area (Å²) < 4.78 is 32.0. The molecular weight excluding hydrogens is 286 g/mol. The molecule has 0 atom stereocenters. The van der Waals surface area contributed by atoms with Crippen molar-refractivity contribution in [3.05, 3.63) is 59.2 Å². The fraction of sp³-hybridized carbons (Fsp3) is 0. The van der Waals surface area contributed by atoms with E-state index >= 15 is 0 Å². The smallest absolute Gasteiger partial charge is 0.338 e. The van der Waals surface area contributed by atoms with Crippen molar-refractivity contribution in [3.63, 3.8) is 0 Å². The maximum absolute atomic E-state index is 13.4. The number of aromatic carboxylic acids is 2. The van der Waals surface area contributed by atoms with E-state index in [0.717, 1.165) is 24.3 Å². The van der Waals surface area contributed by atoms with Crippen molar-refractivity contribution in [1.82, 2.24) is 0 Å². The maximum atomic E-state index is 13.4. The van der Waals surface area contributed by atoms with Crippen LogP contribution in [0.4, 0.5) is 8.78 Å². The Morgan fingerprint density at radius 2 is 1.19 bits per heavy atom. The van der Waals surface area contributed by atoms with Gasteiger partial charge in [0.05, 0.1) is 11.1 Å². The monoisotopic (exact) mass is 294 g/mol. The summed E-state index contributed by atoms with van der Waals surface area (Å²) in [4.78, 5) is 21.3. The van der Waals surface area contributed by atoms with E-state index in [1.165, 1.54) is 12.1 Å². The topological polar surface area (TPSA) is 83.8 Å². The van der Waals surface area contributed by atoms with Crippen LogP contribution in [-0.4, -0.2) is 22.2 Å². The van der Waals surface area contributed by atoms with Crippen LogP contribution in [0.25, 0.3) is 0 Å². The number of ether oxygens (including phenoxy) is 1. The second-order valence-corrected chi connectivity index (χ2v) is 4.00. The lowest BCUT2D eigenvalue weighted by Crippen LogP contribution is -2.01. The maximum Gasteiger partial charge on any atom is 0.338 e. The molecule has 108 valence electrons. The van der Waals surface area contributed by atoms with Crippen LogP contribution < -0.4 is 4.74 Å². The molecule has 0 unspecified atom stereocenters. The molecular formula is C14H8F2O5. The third-order valence-electron chi connectivity index (χ3n) is 2.58. The summed E-state index contributed by atoms with van der Waals surface area (Å²) in [5.41, 5.74) is -1.04. The SMILES string of the molecule is O=C(O)c1ccc(Oc2ccc(C(=O)O)c(F)c2)cc1F. The van der Waals surface area contributed by atoms with Gasteiger partial charge in [-0.25, -0.2) is 18.4 Å². The van der Waals surface area contributed by atoms with E-state index < -0.39 is 34.7 Å². The van der Waals surface area contributed by atoms with Crippen molar-refractivity contribution in [3.8, 4) is 11.5 Å². The van der Waals surface area contributed by atoms with Crippen LogP contribution in [0.1, 0.15) is 20.7 Å². The molecule has 0 aliphatic carbocycles. The molecule has 0 aliphatic heterocycles. The van der Waals surface area contributed by atoms with Gasteiger partial charge in [-0.1, -0.05) is 0 Å². The van der Waals surface area contributed by atoms with E-state index in [9.17, 15) is 18.4 Å². The second-order valence-electron chi connectivity index (χ2n) is 4.00. The zero-order chi connectivity index (χ0) is 15.6. The number of benzene rings is 2. The first-order valence-electron chi connectivity index (χ1n) is 5.62. The lowest BCUT2D eigenvalue weighted by molar-refractivity contribution is 0.0680. The van der Waals surface area contributed by atoms with Gasteiger partial charge in [0.15, 0.2) is 0 Å². The number of hydrogen-bond donors (Lipinski definition) is 2. The van der Waals surface area contributed by atoms with E-state index in [4.69, 9.17) is 14.9 Å². The molecule has 0 saturated heterocycles. The van der Waals surface area contributed by atoms with E-state index in [2.05, 4.69) is 0 Å². The highest BCUT2D eigenvalue weighted by Gasteiger charge is 2.13. The molecule has 0 radical (unpaired) electrons. The second kappa shape index (κ2) is 5.58. The first-order valence-corrected chi connectivity index (χ1v) is 5.62. The fourth-order valence-electron chi connectivity index (χ4n) is 1.60. The van der Waals surface area contributed by atoms with Gasteiger partial charge in [-0.15, -0.1) is 0 Å². The third kappa shape index (κ3) is 3.14. The van der Waals surface area contributed by atoms with Crippen LogP contribution in [-0.2, 0) is 0 Å². The molecule has 2 rings (SSSR count). The molecule has 21 heavy (non-hydrogen) atoms. The molecule has 0 amide bonds. The van der Waals surface area contributed by atoms with Crippen LogP contribution in [0.3, 0.4) is 0 Å². The average Bonchev–Trinajstić information content (AvgIpc) is 2.37. The summed E-state index contributed by atoms with van der Waals surface area (Å²) in [6.07, 6.45) is 0. The Hall–Kier alpha value is -2.96. The van der Waals surface area contributed by atoms with Gasteiger partial charge in [-0.3, -0.25) is 0 Å². The molecule has 0 spiro atoms. The number of halogens is 2. The first kappa shape index (κ1) is 14.4. The lowest BCUT2D eigenvalue weighted by Gasteiger charge is -2.07. The Balaban J connectivity index is 2.26. The summed E-state index contributed by atoms with van der Waals surface area (Å²) in [6, 6.07) is 6.11. The predicted octanol–water partition coefficient (Wildman–Crippen LogP) is 3.15. The lowest BCUT2D eigenvalue weighted by atomic mass is 10.2. The van der Waals surface area contributed by atoms with Crippen molar-refractivity contribution >= 4 is 11.9 Å². The molecule has 2 aromatic rings. The Morgan fingerprint density at radius 3 is 1.48 bits per heavy atom. The van der Waals surface area contributed by atoms with Gasteiger partial charge >= 0.3 is 11.9 Å². The quantitative estimate of drug-likeness (QED) is 0.905. The minimum atomic E-state index is -1.42. The molecule has 0 heterocycles. The van der Waals surface area contributed by atoms with E-state index in [-0.39, 0.29) is 11.5 Å². The molecule has 0 aliphatic rings. The molecule has 5 nitrogen and oxygen atoms in total. The van der Waals surface area contributed by atoms with Gasteiger partial charge in [0.1, 0.15) is 23.1 Å². The Labute approximate surface area is 117 Å². The zero-order valence-corrected chi connectivity index (χ0v) is 10.3. The van der Waals surface area contributed by atoms with Gasteiger partial charge < -0.3 is 14.9 Å². The molecule has 0 fully saturated rings. The van der Waals surface area contributed by atoms with Crippen molar-refractivity contribution in [1.29, 1.82) is 0 Å². The average molecular weight is 294 g/mol. The predicted molar refractivity (Wildman–Crippen MR) is 66.8 cm³/mol. The minimum absolute atomic E-state index is 0.0417. The number of rotatable bonds is 4. The van der Waals surface area contributed by atoms with Crippen LogP contribution >= 0.6 is 0 Å². The van der Waals surface area contributed by atoms with Gasteiger partial charge in [-0.2, -0.15) is 0 Å². The van der Waals surface area contributed by atoms with E-state index in [0.29, 0.717) is 0 Å².